The molecule has 7 nitrogen and oxygen atoms in total. The minimum Gasteiger partial charge on any atom is -0.454 e. The van der Waals surface area contributed by atoms with Gasteiger partial charge in [-0.3, -0.25) is 9.59 Å². The Morgan fingerprint density at radius 1 is 0.875 bits per heavy atom. The molecule has 2 aliphatic rings. The van der Waals surface area contributed by atoms with Crippen LogP contribution in [0.2, 0.25) is 0 Å². The number of aromatic nitrogens is 1. The summed E-state index contributed by atoms with van der Waals surface area (Å²) in [5, 5.41) is 5.91. The van der Waals surface area contributed by atoms with Crippen molar-refractivity contribution in [2.24, 2.45) is 0 Å². The van der Waals surface area contributed by atoms with E-state index in [1.807, 2.05) is 35.7 Å². The molecule has 6 rings (SSSR count). The lowest BCUT2D eigenvalue weighted by Crippen LogP contribution is -2.29. The van der Waals surface area contributed by atoms with Crippen LogP contribution in [0.15, 0.2) is 72.1 Å². The molecular weight excluding hydrogens is 426 g/mol. The predicted octanol–water partition coefficient (Wildman–Crippen LogP) is 5.08. The number of nitrogens with zero attached hydrogens (tertiary/aromatic N) is 2. The molecular formula is C24H15N3O4S. The third-order valence-electron chi connectivity index (χ3n) is 5.32. The number of nitrogens with one attached hydrogen (secondary N) is 1. The number of thiazole rings is 1. The van der Waals surface area contributed by atoms with Crippen molar-refractivity contribution in [2.45, 2.75) is 0 Å². The van der Waals surface area contributed by atoms with Crippen LogP contribution in [-0.4, -0.2) is 23.6 Å². The van der Waals surface area contributed by atoms with Gasteiger partial charge in [-0.15, -0.1) is 11.3 Å². The van der Waals surface area contributed by atoms with Crippen LogP contribution in [0.1, 0.15) is 20.7 Å². The van der Waals surface area contributed by atoms with Gasteiger partial charge in [0.15, 0.2) is 16.6 Å². The second kappa shape index (κ2) is 7.21. The molecule has 3 heterocycles. The molecule has 0 aliphatic carbocycles. The summed E-state index contributed by atoms with van der Waals surface area (Å²) < 4.78 is 10.8. The number of carbonyl (C=O) groups is 2. The van der Waals surface area contributed by atoms with E-state index in [2.05, 4.69) is 10.3 Å². The highest BCUT2D eigenvalue weighted by Crippen LogP contribution is 2.36. The topological polar surface area (TPSA) is 80.8 Å². The van der Waals surface area contributed by atoms with Crippen molar-refractivity contribution in [3.8, 4) is 22.8 Å². The van der Waals surface area contributed by atoms with E-state index >= 15 is 0 Å². The average Bonchev–Trinajstić information content (AvgIpc) is 3.53. The first-order valence-corrected chi connectivity index (χ1v) is 10.8. The zero-order chi connectivity index (χ0) is 21.7. The van der Waals surface area contributed by atoms with E-state index in [4.69, 9.17) is 9.47 Å². The fourth-order valence-corrected chi connectivity index (χ4v) is 4.53. The molecule has 0 radical (unpaired) electrons. The molecule has 32 heavy (non-hydrogen) atoms. The van der Waals surface area contributed by atoms with Crippen LogP contribution in [0.4, 0.5) is 16.5 Å². The monoisotopic (exact) mass is 441 g/mol. The van der Waals surface area contributed by atoms with Crippen molar-refractivity contribution >= 4 is 39.7 Å². The molecule has 0 unspecified atom stereocenters. The van der Waals surface area contributed by atoms with Crippen molar-refractivity contribution in [2.75, 3.05) is 17.0 Å². The number of hydrogen-bond donors (Lipinski definition) is 1. The van der Waals surface area contributed by atoms with E-state index < -0.39 is 0 Å². The highest BCUT2D eigenvalue weighted by molar-refractivity contribution is 7.14. The third kappa shape index (κ3) is 3.00. The maximum absolute atomic E-state index is 12.8. The summed E-state index contributed by atoms with van der Waals surface area (Å²) in [6, 6.07) is 19.8. The van der Waals surface area contributed by atoms with Gasteiger partial charge in [0, 0.05) is 22.7 Å². The van der Waals surface area contributed by atoms with E-state index in [0.717, 1.165) is 22.7 Å². The lowest BCUT2D eigenvalue weighted by molar-refractivity contribution is 0.0926. The van der Waals surface area contributed by atoms with Gasteiger partial charge in [0.25, 0.3) is 11.8 Å². The Morgan fingerprint density at radius 2 is 1.66 bits per heavy atom. The summed E-state index contributed by atoms with van der Waals surface area (Å²) >= 11 is 1.46. The van der Waals surface area contributed by atoms with E-state index in [-0.39, 0.29) is 18.6 Å². The van der Waals surface area contributed by atoms with Gasteiger partial charge in [-0.1, -0.05) is 24.3 Å². The number of anilines is 3. The number of hydrogen-bond acceptors (Lipinski definition) is 7. The Hall–Kier alpha value is -4.17. The van der Waals surface area contributed by atoms with Crippen LogP contribution in [0.25, 0.3) is 11.3 Å². The molecule has 0 fully saturated rings. The Morgan fingerprint density at radius 3 is 2.47 bits per heavy atom. The van der Waals surface area contributed by atoms with Crippen LogP contribution in [0.3, 0.4) is 0 Å². The molecule has 0 bridgehead atoms. The van der Waals surface area contributed by atoms with Gasteiger partial charge in [0.1, 0.15) is 0 Å². The fraction of sp³-hybridized carbons (Fsp3) is 0.0417. The van der Waals surface area contributed by atoms with Crippen molar-refractivity contribution in [1.29, 1.82) is 0 Å². The summed E-state index contributed by atoms with van der Waals surface area (Å²) in [7, 11) is 0. The molecule has 0 atom stereocenters. The Kier molecular flexibility index (Phi) is 4.19. The minimum atomic E-state index is -0.314. The third-order valence-corrected chi connectivity index (χ3v) is 6.08. The van der Waals surface area contributed by atoms with Crippen molar-refractivity contribution in [1.82, 2.24) is 4.98 Å². The standard InChI is InChI=1S/C24H15N3O4S/c28-22-17-6-1-2-7-18(17)23(29)27(22)16-5-3-4-14(10-16)19-12-32-24(26-19)25-15-8-9-20-21(11-15)31-13-30-20/h1-12H,13H2,(H,25,26). The summed E-state index contributed by atoms with van der Waals surface area (Å²) in [4.78, 5) is 31.5. The quantitative estimate of drug-likeness (QED) is 0.445. The average molecular weight is 441 g/mol. The molecule has 1 N–H and O–H groups in total. The highest BCUT2D eigenvalue weighted by Gasteiger charge is 2.36. The molecule has 1 aromatic heterocycles. The number of imide groups is 1. The van der Waals surface area contributed by atoms with Crippen LogP contribution in [0.5, 0.6) is 11.5 Å². The number of ether oxygens (including phenoxy) is 2. The van der Waals surface area contributed by atoms with Crippen LogP contribution in [0, 0.1) is 0 Å². The van der Waals surface area contributed by atoms with Gasteiger partial charge in [0.2, 0.25) is 6.79 Å². The first-order chi connectivity index (χ1) is 15.7. The molecule has 156 valence electrons. The predicted molar refractivity (Wildman–Crippen MR) is 121 cm³/mol. The number of rotatable bonds is 4. The summed E-state index contributed by atoms with van der Waals surface area (Å²) in [6.45, 7) is 0.226. The second-order valence-corrected chi connectivity index (χ2v) is 8.13. The molecule has 0 saturated heterocycles. The lowest BCUT2D eigenvalue weighted by atomic mass is 10.1. The van der Waals surface area contributed by atoms with Crippen molar-refractivity contribution < 1.29 is 19.1 Å². The Labute approximate surface area is 186 Å². The smallest absolute Gasteiger partial charge is 0.266 e. The first-order valence-electron chi connectivity index (χ1n) is 9.88. The van der Waals surface area contributed by atoms with Gasteiger partial charge >= 0.3 is 0 Å². The second-order valence-electron chi connectivity index (χ2n) is 7.27. The van der Waals surface area contributed by atoms with Crippen molar-refractivity contribution in [3.05, 3.63) is 83.2 Å². The molecule has 2 amide bonds. The van der Waals surface area contributed by atoms with E-state index in [9.17, 15) is 9.59 Å². The number of fused-ring (bicyclic) bond motifs is 2. The normalized spacial score (nSPS) is 14.1. The summed E-state index contributed by atoms with van der Waals surface area (Å²) in [5.74, 6) is 0.790. The van der Waals surface area contributed by atoms with Crippen LogP contribution < -0.4 is 19.7 Å². The molecule has 4 aromatic rings. The van der Waals surface area contributed by atoms with Crippen LogP contribution >= 0.6 is 11.3 Å². The van der Waals surface area contributed by atoms with Gasteiger partial charge in [-0.2, -0.15) is 0 Å². The van der Waals surface area contributed by atoms with E-state index in [0.29, 0.717) is 27.7 Å². The fourth-order valence-electron chi connectivity index (χ4n) is 3.79. The molecule has 3 aromatic carbocycles. The zero-order valence-electron chi connectivity index (χ0n) is 16.6. The molecule has 2 aliphatic heterocycles. The number of carbonyl (C=O) groups excluding carboxylic acids is 2. The minimum absolute atomic E-state index is 0.226. The van der Waals surface area contributed by atoms with Crippen molar-refractivity contribution in [3.63, 3.8) is 0 Å². The molecule has 0 spiro atoms. The molecule has 8 heteroatoms. The van der Waals surface area contributed by atoms with Crippen LogP contribution in [-0.2, 0) is 0 Å². The molecule has 0 saturated carbocycles. The maximum atomic E-state index is 12.8. The summed E-state index contributed by atoms with van der Waals surface area (Å²) in [6.07, 6.45) is 0. The highest BCUT2D eigenvalue weighted by atomic mass is 32.1. The first kappa shape index (κ1) is 18.6. The zero-order valence-corrected chi connectivity index (χ0v) is 17.4. The maximum Gasteiger partial charge on any atom is 0.266 e. The van der Waals surface area contributed by atoms with Gasteiger partial charge in [-0.05, 0) is 36.4 Å². The summed E-state index contributed by atoms with van der Waals surface area (Å²) in [5.41, 5.74) is 3.77. The van der Waals surface area contributed by atoms with Gasteiger partial charge < -0.3 is 14.8 Å². The van der Waals surface area contributed by atoms with E-state index in [1.54, 1.807) is 36.4 Å². The van der Waals surface area contributed by atoms with Gasteiger partial charge in [-0.25, -0.2) is 9.88 Å². The van der Waals surface area contributed by atoms with E-state index in [1.165, 1.54) is 16.2 Å². The lowest BCUT2D eigenvalue weighted by Gasteiger charge is -2.14. The van der Waals surface area contributed by atoms with Gasteiger partial charge in [0.05, 0.1) is 22.5 Å². The number of benzene rings is 3. The SMILES string of the molecule is O=C1c2ccccc2C(=O)N1c1cccc(-c2csc(Nc3ccc4c(c3)OCO4)n2)c1. The number of amides is 2. The Balaban J connectivity index is 1.27. The Bertz CT molecular complexity index is 1360. The largest absolute Gasteiger partial charge is 0.454 e.